The van der Waals surface area contributed by atoms with Crippen LogP contribution in [0.15, 0.2) is 28.9 Å². The van der Waals surface area contributed by atoms with Gasteiger partial charge in [0, 0.05) is 11.8 Å². The number of rotatable bonds is 5. The van der Waals surface area contributed by atoms with Crippen molar-refractivity contribution < 1.29 is 9.52 Å². The van der Waals surface area contributed by atoms with Crippen LogP contribution in [0.25, 0.3) is 0 Å². The molecular weight excluding hydrogens is 230 g/mol. The summed E-state index contributed by atoms with van der Waals surface area (Å²) in [5.74, 6) is 2.11. The predicted octanol–water partition coefficient (Wildman–Crippen LogP) is 2.09. The fourth-order valence-corrected chi connectivity index (χ4v) is 1.76. The second-order valence-corrected chi connectivity index (χ2v) is 4.04. The first-order chi connectivity index (χ1) is 8.72. The minimum absolute atomic E-state index is 0.0575. The maximum absolute atomic E-state index is 9.39. The number of hydrogen-bond acceptors (Lipinski definition) is 5. The fraction of sp³-hybridized carbons (Fsp3) is 0.385. The lowest BCUT2D eigenvalue weighted by Gasteiger charge is -2.15. The highest BCUT2D eigenvalue weighted by atomic mass is 16.3. The van der Waals surface area contributed by atoms with Gasteiger partial charge in [0.2, 0.25) is 0 Å². The van der Waals surface area contributed by atoms with E-state index in [1.165, 1.54) is 0 Å². The molecule has 1 atom stereocenters. The number of anilines is 1. The zero-order valence-corrected chi connectivity index (χ0v) is 10.6. The molecule has 0 bridgehead atoms. The summed E-state index contributed by atoms with van der Waals surface area (Å²) in [7, 11) is 0. The third kappa shape index (κ3) is 2.87. The van der Waals surface area contributed by atoms with E-state index in [9.17, 15) is 5.11 Å². The Morgan fingerprint density at radius 1 is 1.44 bits per heavy atom. The second kappa shape index (κ2) is 5.64. The molecule has 2 heterocycles. The van der Waals surface area contributed by atoms with Gasteiger partial charge in [0.05, 0.1) is 12.9 Å². The summed E-state index contributed by atoms with van der Waals surface area (Å²) in [6.07, 6.45) is 2.44. The van der Waals surface area contributed by atoms with E-state index < -0.39 is 0 Å². The second-order valence-electron chi connectivity index (χ2n) is 4.04. The van der Waals surface area contributed by atoms with Gasteiger partial charge in [-0.05, 0) is 25.5 Å². The van der Waals surface area contributed by atoms with Crippen molar-refractivity contribution >= 4 is 5.82 Å². The number of furan rings is 1. The number of aliphatic hydroxyl groups excluding tert-OH is 1. The number of nitrogens with one attached hydrogen (secondary N) is 1. The molecule has 0 aromatic carbocycles. The number of aliphatic hydroxyl groups is 1. The largest absolute Gasteiger partial charge is 0.467 e. The Hall–Kier alpha value is -1.88. The van der Waals surface area contributed by atoms with E-state index in [1.807, 2.05) is 26.0 Å². The Labute approximate surface area is 106 Å². The molecule has 18 heavy (non-hydrogen) atoms. The molecule has 1 unspecified atom stereocenters. The molecule has 5 heteroatoms. The highest BCUT2D eigenvalue weighted by molar-refractivity contribution is 5.38. The Bertz CT molecular complexity index is 497. The van der Waals surface area contributed by atoms with E-state index in [0.29, 0.717) is 17.4 Å². The van der Waals surface area contributed by atoms with E-state index in [1.54, 1.807) is 12.3 Å². The van der Waals surface area contributed by atoms with Crippen LogP contribution in [0.4, 0.5) is 5.82 Å². The van der Waals surface area contributed by atoms with Crippen molar-refractivity contribution in [3.63, 3.8) is 0 Å². The van der Waals surface area contributed by atoms with Gasteiger partial charge >= 0.3 is 0 Å². The van der Waals surface area contributed by atoms with E-state index in [-0.39, 0.29) is 12.6 Å². The van der Waals surface area contributed by atoms with Gasteiger partial charge in [-0.2, -0.15) is 0 Å². The van der Waals surface area contributed by atoms with Crippen molar-refractivity contribution in [3.05, 3.63) is 41.7 Å². The van der Waals surface area contributed by atoms with Crippen LogP contribution in [0.3, 0.4) is 0 Å². The van der Waals surface area contributed by atoms with Crippen LogP contribution in [0.2, 0.25) is 0 Å². The van der Waals surface area contributed by atoms with Crippen molar-refractivity contribution in [2.75, 3.05) is 11.9 Å². The first kappa shape index (κ1) is 12.6. The first-order valence-electron chi connectivity index (χ1n) is 5.98. The summed E-state index contributed by atoms with van der Waals surface area (Å²) in [6.45, 7) is 3.84. The van der Waals surface area contributed by atoms with Gasteiger partial charge in [-0.3, -0.25) is 0 Å². The molecular formula is C13H17N3O2. The highest BCUT2D eigenvalue weighted by Gasteiger charge is 2.14. The van der Waals surface area contributed by atoms with Crippen LogP contribution in [0.5, 0.6) is 0 Å². The minimum atomic E-state index is -0.293. The van der Waals surface area contributed by atoms with Crippen molar-refractivity contribution in [1.82, 2.24) is 9.97 Å². The molecule has 2 aromatic heterocycles. The summed E-state index contributed by atoms with van der Waals surface area (Å²) in [5, 5.41) is 12.5. The molecule has 0 radical (unpaired) electrons. The molecule has 0 saturated carbocycles. The minimum Gasteiger partial charge on any atom is -0.467 e. The van der Waals surface area contributed by atoms with E-state index in [0.717, 1.165) is 12.1 Å². The van der Waals surface area contributed by atoms with Crippen LogP contribution in [-0.2, 0) is 6.42 Å². The van der Waals surface area contributed by atoms with E-state index in [2.05, 4.69) is 15.3 Å². The number of hydrogen-bond donors (Lipinski definition) is 2. The van der Waals surface area contributed by atoms with Gasteiger partial charge in [0.1, 0.15) is 23.4 Å². The van der Waals surface area contributed by atoms with Gasteiger partial charge < -0.3 is 14.8 Å². The normalized spacial score (nSPS) is 12.4. The molecule has 2 aromatic rings. The monoisotopic (exact) mass is 247 g/mol. The van der Waals surface area contributed by atoms with Crippen LogP contribution >= 0.6 is 0 Å². The number of aryl methyl sites for hydroxylation is 2. The summed E-state index contributed by atoms with van der Waals surface area (Å²) in [4.78, 5) is 8.62. The van der Waals surface area contributed by atoms with Gasteiger partial charge in [0.15, 0.2) is 0 Å². The van der Waals surface area contributed by atoms with Gasteiger partial charge in [-0.25, -0.2) is 9.97 Å². The molecule has 96 valence electrons. The Morgan fingerprint density at radius 3 is 2.89 bits per heavy atom. The van der Waals surface area contributed by atoms with Crippen LogP contribution in [-0.4, -0.2) is 21.7 Å². The molecule has 0 saturated heterocycles. The first-order valence-corrected chi connectivity index (χ1v) is 5.98. The zero-order chi connectivity index (χ0) is 13.0. The molecule has 0 aliphatic rings. The number of aromatic nitrogens is 2. The smallest absolute Gasteiger partial charge is 0.130 e. The Morgan fingerprint density at radius 2 is 2.28 bits per heavy atom. The summed E-state index contributed by atoms with van der Waals surface area (Å²) in [6, 6.07) is 5.21. The molecule has 5 nitrogen and oxygen atoms in total. The third-order valence-electron chi connectivity index (χ3n) is 2.64. The maximum Gasteiger partial charge on any atom is 0.130 e. The fourth-order valence-electron chi connectivity index (χ4n) is 1.76. The van der Waals surface area contributed by atoms with Gasteiger partial charge in [-0.1, -0.05) is 6.92 Å². The van der Waals surface area contributed by atoms with Gasteiger partial charge in [0.25, 0.3) is 0 Å². The van der Waals surface area contributed by atoms with Crippen molar-refractivity contribution in [1.29, 1.82) is 0 Å². The third-order valence-corrected chi connectivity index (χ3v) is 2.64. The molecule has 0 fully saturated rings. The molecule has 2 N–H and O–H groups in total. The topological polar surface area (TPSA) is 71.2 Å². The Kier molecular flexibility index (Phi) is 3.94. The van der Waals surface area contributed by atoms with E-state index >= 15 is 0 Å². The zero-order valence-electron chi connectivity index (χ0n) is 10.6. The predicted molar refractivity (Wildman–Crippen MR) is 68.3 cm³/mol. The average Bonchev–Trinajstić information content (AvgIpc) is 2.89. The van der Waals surface area contributed by atoms with Crippen molar-refractivity contribution in [2.24, 2.45) is 0 Å². The summed E-state index contributed by atoms with van der Waals surface area (Å²) in [5.41, 5.74) is 0.973. The van der Waals surface area contributed by atoms with Crippen LogP contribution in [0.1, 0.15) is 30.2 Å². The summed E-state index contributed by atoms with van der Waals surface area (Å²) < 4.78 is 5.28. The molecule has 2 rings (SSSR count). The van der Waals surface area contributed by atoms with Crippen LogP contribution in [0, 0.1) is 6.92 Å². The molecule has 0 aliphatic carbocycles. The van der Waals surface area contributed by atoms with Crippen LogP contribution < -0.4 is 5.32 Å². The molecule has 0 amide bonds. The lowest BCUT2D eigenvalue weighted by molar-refractivity contribution is 0.261. The Balaban J connectivity index is 2.19. The quantitative estimate of drug-likeness (QED) is 0.846. The molecule has 0 spiro atoms. The number of nitrogens with zero attached hydrogens (tertiary/aromatic N) is 2. The van der Waals surface area contributed by atoms with Crippen molar-refractivity contribution in [3.8, 4) is 0 Å². The lowest BCUT2D eigenvalue weighted by Crippen LogP contribution is -2.15. The standard InChI is InChI=1S/C13H17N3O2/c1-3-10-7-13(15-9(2)14-10)16-11(8-17)12-5-4-6-18-12/h4-7,11,17H,3,8H2,1-2H3,(H,14,15,16). The summed E-state index contributed by atoms with van der Waals surface area (Å²) >= 11 is 0. The highest BCUT2D eigenvalue weighted by Crippen LogP contribution is 2.19. The average molecular weight is 247 g/mol. The lowest BCUT2D eigenvalue weighted by atomic mass is 10.2. The van der Waals surface area contributed by atoms with Gasteiger partial charge in [-0.15, -0.1) is 0 Å². The maximum atomic E-state index is 9.39. The molecule has 0 aliphatic heterocycles. The van der Waals surface area contributed by atoms with Crippen molar-refractivity contribution in [2.45, 2.75) is 26.3 Å². The van der Waals surface area contributed by atoms with E-state index in [4.69, 9.17) is 4.42 Å². The SMILES string of the molecule is CCc1cc(NC(CO)c2ccco2)nc(C)n1.